The minimum absolute atomic E-state index is 0.103. The number of piperazine rings is 1. The first-order chi connectivity index (χ1) is 13.3. The number of aromatic nitrogens is 4. The highest BCUT2D eigenvalue weighted by molar-refractivity contribution is 7.12. The molecule has 0 N–H and O–H groups in total. The minimum atomic E-state index is 0.103. The van der Waals surface area contributed by atoms with Crippen LogP contribution in [0.4, 0.5) is 11.6 Å². The Balaban J connectivity index is 1.39. The Morgan fingerprint density at radius 1 is 0.926 bits per heavy atom. The third kappa shape index (κ3) is 2.99. The quantitative estimate of drug-likeness (QED) is 0.672. The molecule has 0 spiro atoms. The van der Waals surface area contributed by atoms with E-state index in [0.29, 0.717) is 37.5 Å². The van der Waals surface area contributed by atoms with Crippen molar-refractivity contribution >= 4 is 40.2 Å². The maximum Gasteiger partial charge on any atom is 0.264 e. The Kier molecular flexibility index (Phi) is 4.12. The molecular weight excluding hydrogens is 366 g/mol. The summed E-state index contributed by atoms with van der Waals surface area (Å²) in [6.07, 6.45) is 2.30. The molecule has 2 saturated heterocycles. The molecule has 0 bridgehead atoms. The van der Waals surface area contributed by atoms with Crippen LogP contribution in [0.1, 0.15) is 22.5 Å². The first-order valence-corrected chi connectivity index (χ1v) is 10.0. The van der Waals surface area contributed by atoms with Gasteiger partial charge in [-0.25, -0.2) is 14.6 Å². The third-order valence-electron chi connectivity index (χ3n) is 5.08. The number of hydrogen-bond acceptors (Lipinski definition) is 9. The van der Waals surface area contributed by atoms with Gasteiger partial charge in [0.2, 0.25) is 11.3 Å². The fraction of sp³-hybridized carbons (Fsp3) is 0.471. The standard InChI is InChI=1S/C17H19N7O2S/c25-17(12-4-3-11-27-12)24-9-7-23(8-10-24)16-15(22-5-1-2-6-22)18-13-14(19-16)21-26-20-13/h3-4,11H,1-2,5-10H2. The van der Waals surface area contributed by atoms with Gasteiger partial charge in [0.25, 0.3) is 5.91 Å². The van der Waals surface area contributed by atoms with Crippen molar-refractivity contribution in [1.29, 1.82) is 0 Å². The van der Waals surface area contributed by atoms with E-state index in [4.69, 9.17) is 4.63 Å². The molecule has 0 atom stereocenters. The summed E-state index contributed by atoms with van der Waals surface area (Å²) in [4.78, 5) is 29.0. The van der Waals surface area contributed by atoms with E-state index in [1.807, 2.05) is 22.4 Å². The molecule has 2 fully saturated rings. The van der Waals surface area contributed by atoms with E-state index in [1.165, 1.54) is 11.3 Å². The number of thiophene rings is 1. The Morgan fingerprint density at radius 3 is 2.15 bits per heavy atom. The smallest absolute Gasteiger partial charge is 0.264 e. The van der Waals surface area contributed by atoms with Gasteiger partial charge in [0.15, 0.2) is 11.6 Å². The van der Waals surface area contributed by atoms with Gasteiger partial charge in [-0.1, -0.05) is 6.07 Å². The SMILES string of the molecule is O=C(c1cccs1)N1CCN(c2nc3nonc3nc2N2CCCC2)CC1. The highest BCUT2D eigenvalue weighted by Crippen LogP contribution is 2.30. The van der Waals surface area contributed by atoms with Crippen LogP contribution in [0.15, 0.2) is 22.1 Å². The zero-order valence-electron chi connectivity index (χ0n) is 14.7. The predicted octanol–water partition coefficient (Wildman–Crippen LogP) is 1.64. The van der Waals surface area contributed by atoms with Crippen molar-refractivity contribution in [3.63, 3.8) is 0 Å². The monoisotopic (exact) mass is 385 g/mol. The number of fused-ring (bicyclic) bond motifs is 1. The summed E-state index contributed by atoms with van der Waals surface area (Å²) in [6.45, 7) is 4.68. The lowest BCUT2D eigenvalue weighted by molar-refractivity contribution is 0.0751. The van der Waals surface area contributed by atoms with Crippen molar-refractivity contribution in [2.45, 2.75) is 12.8 Å². The van der Waals surface area contributed by atoms with Gasteiger partial charge in [-0.3, -0.25) is 4.79 Å². The summed E-state index contributed by atoms with van der Waals surface area (Å²) in [6, 6.07) is 3.79. The van der Waals surface area contributed by atoms with Gasteiger partial charge >= 0.3 is 0 Å². The van der Waals surface area contributed by atoms with Crippen LogP contribution in [0.3, 0.4) is 0 Å². The molecule has 0 aromatic carbocycles. The Morgan fingerprint density at radius 2 is 1.56 bits per heavy atom. The van der Waals surface area contributed by atoms with Crippen LogP contribution in [0.5, 0.6) is 0 Å². The second-order valence-electron chi connectivity index (χ2n) is 6.73. The van der Waals surface area contributed by atoms with Crippen molar-refractivity contribution in [3.05, 3.63) is 22.4 Å². The molecule has 140 valence electrons. The van der Waals surface area contributed by atoms with Gasteiger partial charge in [-0.2, -0.15) is 0 Å². The fourth-order valence-corrected chi connectivity index (χ4v) is 4.34. The average molecular weight is 385 g/mol. The van der Waals surface area contributed by atoms with E-state index in [1.54, 1.807) is 0 Å². The molecular formula is C17H19N7O2S. The lowest BCUT2D eigenvalue weighted by atomic mass is 10.3. The van der Waals surface area contributed by atoms with Crippen LogP contribution in [-0.2, 0) is 0 Å². The summed E-state index contributed by atoms with van der Waals surface area (Å²) in [5, 5.41) is 9.63. The van der Waals surface area contributed by atoms with Gasteiger partial charge in [0.05, 0.1) is 4.88 Å². The van der Waals surface area contributed by atoms with Crippen molar-refractivity contribution in [2.75, 3.05) is 49.1 Å². The second-order valence-corrected chi connectivity index (χ2v) is 7.68. The number of amides is 1. The summed E-state index contributed by atoms with van der Waals surface area (Å²) in [5.41, 5.74) is 0.859. The molecule has 1 amide bonds. The molecule has 0 saturated carbocycles. The maximum atomic E-state index is 12.6. The molecule has 3 aromatic heterocycles. The van der Waals surface area contributed by atoms with Crippen LogP contribution in [0, 0.1) is 0 Å². The highest BCUT2D eigenvalue weighted by atomic mass is 32.1. The molecule has 0 radical (unpaired) electrons. The first-order valence-electron chi connectivity index (χ1n) is 9.12. The Labute approximate surface area is 159 Å². The van der Waals surface area contributed by atoms with Crippen molar-refractivity contribution in [3.8, 4) is 0 Å². The normalized spacial score (nSPS) is 17.9. The van der Waals surface area contributed by atoms with Crippen molar-refractivity contribution in [1.82, 2.24) is 25.2 Å². The molecule has 10 heteroatoms. The molecule has 5 heterocycles. The Hall–Kier alpha value is -2.75. The number of rotatable bonds is 3. The minimum Gasteiger partial charge on any atom is -0.353 e. The van der Waals surface area contributed by atoms with Gasteiger partial charge in [0.1, 0.15) is 0 Å². The van der Waals surface area contributed by atoms with E-state index in [-0.39, 0.29) is 5.91 Å². The lowest BCUT2D eigenvalue weighted by Crippen LogP contribution is -2.49. The lowest BCUT2D eigenvalue weighted by Gasteiger charge is -2.36. The van der Waals surface area contributed by atoms with Gasteiger partial charge < -0.3 is 14.7 Å². The summed E-state index contributed by atoms with van der Waals surface area (Å²) >= 11 is 1.48. The number of anilines is 2. The van der Waals surface area contributed by atoms with E-state index < -0.39 is 0 Å². The number of carbonyl (C=O) groups is 1. The number of hydrogen-bond donors (Lipinski definition) is 0. The molecule has 2 aliphatic rings. The molecule has 2 aliphatic heterocycles. The Bertz CT molecular complexity index is 944. The fourth-order valence-electron chi connectivity index (χ4n) is 3.65. The van der Waals surface area contributed by atoms with Gasteiger partial charge in [-0.05, 0) is 34.6 Å². The van der Waals surface area contributed by atoms with Crippen LogP contribution < -0.4 is 9.80 Å². The molecule has 9 nitrogen and oxygen atoms in total. The van der Waals surface area contributed by atoms with Crippen LogP contribution in [0.25, 0.3) is 11.3 Å². The molecule has 27 heavy (non-hydrogen) atoms. The first kappa shape index (κ1) is 16.4. The molecule has 5 rings (SSSR count). The van der Waals surface area contributed by atoms with Gasteiger partial charge in [-0.15, -0.1) is 11.3 Å². The largest absolute Gasteiger partial charge is 0.353 e. The zero-order valence-corrected chi connectivity index (χ0v) is 15.6. The number of nitrogens with zero attached hydrogens (tertiary/aromatic N) is 7. The van der Waals surface area contributed by atoms with E-state index in [0.717, 1.165) is 42.4 Å². The summed E-state index contributed by atoms with van der Waals surface area (Å²) < 4.78 is 4.80. The topological polar surface area (TPSA) is 91.5 Å². The van der Waals surface area contributed by atoms with E-state index in [2.05, 4.69) is 30.1 Å². The molecule has 0 aliphatic carbocycles. The summed E-state index contributed by atoms with van der Waals surface area (Å²) in [5.74, 6) is 1.75. The molecule has 3 aromatic rings. The molecule has 0 unspecified atom stereocenters. The van der Waals surface area contributed by atoms with Crippen LogP contribution >= 0.6 is 11.3 Å². The summed E-state index contributed by atoms with van der Waals surface area (Å²) in [7, 11) is 0. The zero-order chi connectivity index (χ0) is 18.2. The number of carbonyl (C=O) groups excluding carboxylic acids is 1. The van der Waals surface area contributed by atoms with Gasteiger partial charge in [0, 0.05) is 39.3 Å². The van der Waals surface area contributed by atoms with E-state index >= 15 is 0 Å². The van der Waals surface area contributed by atoms with Crippen molar-refractivity contribution in [2.24, 2.45) is 0 Å². The van der Waals surface area contributed by atoms with Crippen molar-refractivity contribution < 1.29 is 9.42 Å². The predicted molar refractivity (Wildman–Crippen MR) is 101 cm³/mol. The van der Waals surface area contributed by atoms with E-state index in [9.17, 15) is 4.79 Å². The van der Waals surface area contributed by atoms with Crippen LogP contribution in [0.2, 0.25) is 0 Å². The maximum absolute atomic E-state index is 12.6. The average Bonchev–Trinajstić information content (AvgIpc) is 3.48. The van der Waals surface area contributed by atoms with Crippen LogP contribution in [-0.4, -0.2) is 70.4 Å². The second kappa shape index (κ2) is 6.76. The third-order valence-corrected chi connectivity index (χ3v) is 5.94. The highest BCUT2D eigenvalue weighted by Gasteiger charge is 2.28.